The average Bonchev–Trinajstić information content (AvgIpc) is 2.39. The number of rotatable bonds is 3. The molecule has 0 aromatic heterocycles. The van der Waals surface area contributed by atoms with Crippen LogP contribution >= 0.6 is 28.6 Å². The maximum atomic E-state index is 12.4. The van der Waals surface area contributed by atoms with Crippen molar-refractivity contribution in [2.75, 3.05) is 26.8 Å². The summed E-state index contributed by atoms with van der Waals surface area (Å²) in [6.45, 7) is 2.40. The molecule has 1 heterocycles. The van der Waals surface area contributed by atoms with Gasteiger partial charge in [0.15, 0.2) is 0 Å². The molecule has 2 rings (SSSR count). The van der Waals surface area contributed by atoms with Gasteiger partial charge in [0, 0.05) is 36.2 Å². The molecule has 1 saturated heterocycles. The van der Waals surface area contributed by atoms with Crippen LogP contribution in [0.3, 0.4) is 0 Å². The highest BCUT2D eigenvalue weighted by Crippen LogP contribution is 2.22. The Hall–Kier alpha value is -0.520. The van der Waals surface area contributed by atoms with E-state index < -0.39 is 0 Å². The summed E-state index contributed by atoms with van der Waals surface area (Å²) < 4.78 is 6.27. The molecule has 3 nitrogen and oxygen atoms in total. The molecule has 5 heteroatoms. The number of thiol groups is 1. The minimum Gasteiger partial charge on any atom is -0.381 e. The molecule has 19 heavy (non-hydrogen) atoms. The van der Waals surface area contributed by atoms with E-state index in [1.54, 1.807) is 4.90 Å². The Bertz CT molecular complexity index is 461. The molecule has 1 aliphatic rings. The Morgan fingerprint density at radius 1 is 1.47 bits per heavy atom. The highest BCUT2D eigenvalue weighted by atomic mass is 79.9. The number of nitrogens with zero attached hydrogens (tertiary/aromatic N) is 1. The number of halogens is 1. The number of hydrogen-bond donors (Lipinski definition) is 1. The molecule has 0 bridgehead atoms. The van der Waals surface area contributed by atoms with Gasteiger partial charge in [0.2, 0.25) is 0 Å². The van der Waals surface area contributed by atoms with Gasteiger partial charge >= 0.3 is 0 Å². The molecule has 1 fully saturated rings. The molecule has 1 aromatic rings. The van der Waals surface area contributed by atoms with Crippen LogP contribution in [0.2, 0.25) is 0 Å². The summed E-state index contributed by atoms with van der Waals surface area (Å²) >= 11 is 7.74. The fourth-order valence-corrected chi connectivity index (χ4v) is 3.14. The van der Waals surface area contributed by atoms with Gasteiger partial charge in [0.1, 0.15) is 0 Å². The van der Waals surface area contributed by atoms with Gasteiger partial charge in [-0.25, -0.2) is 0 Å². The average molecular weight is 344 g/mol. The van der Waals surface area contributed by atoms with Crippen LogP contribution in [0.25, 0.3) is 0 Å². The van der Waals surface area contributed by atoms with Crippen molar-refractivity contribution in [2.24, 2.45) is 5.92 Å². The van der Waals surface area contributed by atoms with Crippen LogP contribution in [0.4, 0.5) is 0 Å². The summed E-state index contributed by atoms with van der Waals surface area (Å²) in [5.74, 6) is 0.575. The second-order valence-electron chi connectivity index (χ2n) is 4.90. The Morgan fingerprint density at radius 3 is 2.79 bits per heavy atom. The number of carbonyl (C=O) groups excluding carboxylic acids is 1. The van der Waals surface area contributed by atoms with Gasteiger partial charge < -0.3 is 9.64 Å². The Labute approximate surface area is 127 Å². The molecule has 0 spiro atoms. The summed E-state index contributed by atoms with van der Waals surface area (Å²) in [7, 11) is 1.85. The lowest BCUT2D eigenvalue weighted by Gasteiger charge is -2.27. The van der Waals surface area contributed by atoms with Crippen LogP contribution in [0.5, 0.6) is 0 Å². The van der Waals surface area contributed by atoms with Gasteiger partial charge in [-0.3, -0.25) is 4.79 Å². The SMILES string of the molecule is CN(CC1CCOCC1)C(=O)c1ccc(Br)cc1S. The molecule has 1 amide bonds. The Kier molecular flexibility index (Phi) is 5.30. The first-order valence-corrected chi connectivity index (χ1v) is 7.63. The summed E-state index contributed by atoms with van der Waals surface area (Å²) in [6.07, 6.45) is 2.07. The van der Waals surface area contributed by atoms with Crippen molar-refractivity contribution >= 4 is 34.5 Å². The third kappa shape index (κ3) is 3.97. The largest absolute Gasteiger partial charge is 0.381 e. The lowest BCUT2D eigenvalue weighted by Crippen LogP contribution is -2.34. The maximum absolute atomic E-state index is 12.4. The minimum atomic E-state index is 0.0315. The zero-order valence-electron chi connectivity index (χ0n) is 10.9. The maximum Gasteiger partial charge on any atom is 0.254 e. The Balaban J connectivity index is 2.01. The molecule has 0 aliphatic carbocycles. The van der Waals surface area contributed by atoms with Crippen LogP contribution in [0, 0.1) is 5.92 Å². The van der Waals surface area contributed by atoms with E-state index in [2.05, 4.69) is 28.6 Å². The van der Waals surface area contributed by atoms with Crippen molar-refractivity contribution in [3.8, 4) is 0 Å². The molecule has 0 unspecified atom stereocenters. The van der Waals surface area contributed by atoms with E-state index in [-0.39, 0.29) is 5.91 Å². The number of benzene rings is 1. The van der Waals surface area contributed by atoms with E-state index in [0.717, 1.165) is 37.1 Å². The highest BCUT2D eigenvalue weighted by molar-refractivity contribution is 9.10. The number of carbonyl (C=O) groups is 1. The van der Waals surface area contributed by atoms with Gasteiger partial charge in [-0.15, -0.1) is 12.6 Å². The summed E-state index contributed by atoms with van der Waals surface area (Å²) in [4.78, 5) is 14.9. The van der Waals surface area contributed by atoms with Gasteiger partial charge in [0.05, 0.1) is 5.56 Å². The van der Waals surface area contributed by atoms with Crippen molar-refractivity contribution in [3.63, 3.8) is 0 Å². The smallest absolute Gasteiger partial charge is 0.254 e. The Morgan fingerprint density at radius 2 is 2.16 bits per heavy atom. The lowest BCUT2D eigenvalue weighted by molar-refractivity contribution is 0.0496. The first kappa shape index (κ1) is 14.9. The molecule has 0 atom stereocenters. The second kappa shape index (κ2) is 6.77. The molecule has 0 N–H and O–H groups in total. The van der Waals surface area contributed by atoms with Gasteiger partial charge in [0.25, 0.3) is 5.91 Å². The first-order valence-electron chi connectivity index (χ1n) is 6.39. The minimum absolute atomic E-state index is 0.0315. The molecular weight excluding hydrogens is 326 g/mol. The predicted octanol–water partition coefficient (Wildman–Crippen LogP) is 3.24. The monoisotopic (exact) mass is 343 g/mol. The predicted molar refractivity (Wildman–Crippen MR) is 81.9 cm³/mol. The molecule has 104 valence electrons. The van der Waals surface area contributed by atoms with Gasteiger partial charge in [-0.1, -0.05) is 15.9 Å². The summed E-state index contributed by atoms with van der Waals surface area (Å²) in [6, 6.07) is 5.53. The van der Waals surface area contributed by atoms with E-state index in [1.807, 2.05) is 25.2 Å². The van der Waals surface area contributed by atoms with Crippen molar-refractivity contribution in [1.82, 2.24) is 4.90 Å². The molecular formula is C14H18BrNO2S. The zero-order valence-corrected chi connectivity index (χ0v) is 13.4. The van der Waals surface area contributed by atoms with E-state index >= 15 is 0 Å². The summed E-state index contributed by atoms with van der Waals surface area (Å²) in [5, 5.41) is 0. The van der Waals surface area contributed by atoms with Crippen molar-refractivity contribution in [3.05, 3.63) is 28.2 Å². The topological polar surface area (TPSA) is 29.5 Å². The number of ether oxygens (including phenoxy) is 1. The third-order valence-electron chi connectivity index (χ3n) is 3.41. The quantitative estimate of drug-likeness (QED) is 0.853. The highest BCUT2D eigenvalue weighted by Gasteiger charge is 2.20. The van der Waals surface area contributed by atoms with E-state index in [0.29, 0.717) is 16.4 Å². The van der Waals surface area contributed by atoms with E-state index in [1.165, 1.54) is 0 Å². The van der Waals surface area contributed by atoms with Crippen molar-refractivity contribution in [2.45, 2.75) is 17.7 Å². The molecule has 1 aliphatic heterocycles. The third-order valence-corrected chi connectivity index (χ3v) is 4.27. The molecule has 0 radical (unpaired) electrons. The van der Waals surface area contributed by atoms with E-state index in [4.69, 9.17) is 4.74 Å². The van der Waals surface area contributed by atoms with E-state index in [9.17, 15) is 4.79 Å². The molecule has 1 aromatic carbocycles. The van der Waals surface area contributed by atoms with Crippen LogP contribution in [0.1, 0.15) is 23.2 Å². The zero-order chi connectivity index (χ0) is 13.8. The normalized spacial score (nSPS) is 16.4. The number of hydrogen-bond acceptors (Lipinski definition) is 3. The van der Waals surface area contributed by atoms with Crippen LogP contribution in [-0.4, -0.2) is 37.6 Å². The lowest BCUT2D eigenvalue weighted by atomic mass is 9.99. The first-order chi connectivity index (χ1) is 9.08. The standard InChI is InChI=1S/C14H18BrNO2S/c1-16(9-10-4-6-18-7-5-10)14(17)12-3-2-11(15)8-13(12)19/h2-3,8,10,19H,4-7,9H2,1H3. The summed E-state index contributed by atoms with van der Waals surface area (Å²) in [5.41, 5.74) is 0.654. The van der Waals surface area contributed by atoms with Gasteiger partial charge in [-0.2, -0.15) is 0 Å². The number of amides is 1. The van der Waals surface area contributed by atoms with Crippen molar-refractivity contribution < 1.29 is 9.53 Å². The fraction of sp³-hybridized carbons (Fsp3) is 0.500. The van der Waals surface area contributed by atoms with Crippen molar-refractivity contribution in [1.29, 1.82) is 0 Å². The van der Waals surface area contributed by atoms with Crippen LogP contribution in [-0.2, 0) is 4.74 Å². The van der Waals surface area contributed by atoms with Crippen LogP contribution in [0.15, 0.2) is 27.6 Å². The second-order valence-corrected chi connectivity index (χ2v) is 6.30. The molecule has 0 saturated carbocycles. The van der Waals surface area contributed by atoms with Crippen LogP contribution < -0.4 is 0 Å². The van der Waals surface area contributed by atoms with Gasteiger partial charge in [-0.05, 0) is 37.0 Å². The fourth-order valence-electron chi connectivity index (χ4n) is 2.29.